The van der Waals surface area contributed by atoms with Crippen LogP contribution in [0.5, 0.6) is 11.5 Å². The fourth-order valence-electron chi connectivity index (χ4n) is 3.47. The summed E-state index contributed by atoms with van der Waals surface area (Å²) in [4.78, 5) is 27.7. The van der Waals surface area contributed by atoms with Crippen molar-refractivity contribution >= 4 is 23.4 Å². The van der Waals surface area contributed by atoms with E-state index in [1.165, 1.54) is 0 Å². The highest BCUT2D eigenvalue weighted by Gasteiger charge is 2.26. The summed E-state index contributed by atoms with van der Waals surface area (Å²) in [5.41, 5.74) is 1.91. The van der Waals surface area contributed by atoms with Gasteiger partial charge in [-0.25, -0.2) is 0 Å². The smallest absolute Gasteiger partial charge is 0.242 e. The molecule has 0 bridgehead atoms. The van der Waals surface area contributed by atoms with Crippen LogP contribution in [-0.4, -0.2) is 42.0 Å². The van der Waals surface area contributed by atoms with E-state index >= 15 is 0 Å². The molecule has 0 spiro atoms. The fraction of sp³-hybridized carbons (Fsp3) is 0.440. The molecule has 2 amide bonds. The van der Waals surface area contributed by atoms with Crippen molar-refractivity contribution in [3.8, 4) is 11.5 Å². The van der Waals surface area contributed by atoms with E-state index in [1.807, 2.05) is 44.2 Å². The minimum atomic E-state index is -0.590. The van der Waals surface area contributed by atoms with Crippen molar-refractivity contribution in [3.05, 3.63) is 58.6 Å². The molecule has 2 aromatic carbocycles. The molecule has 2 aromatic rings. The number of halogens is 1. The van der Waals surface area contributed by atoms with Gasteiger partial charge in [0.25, 0.3) is 0 Å². The van der Waals surface area contributed by atoms with Gasteiger partial charge in [0.05, 0.1) is 0 Å². The molecule has 0 aromatic heterocycles. The van der Waals surface area contributed by atoms with Crippen LogP contribution in [0.4, 0.5) is 0 Å². The first kappa shape index (κ1) is 23.9. The van der Waals surface area contributed by atoms with Crippen molar-refractivity contribution in [2.24, 2.45) is 0 Å². The zero-order valence-electron chi connectivity index (χ0n) is 18.9. The highest BCUT2D eigenvalue weighted by molar-refractivity contribution is 6.30. The van der Waals surface area contributed by atoms with Crippen molar-refractivity contribution in [3.63, 3.8) is 0 Å². The predicted octanol–water partition coefficient (Wildman–Crippen LogP) is 4.38. The lowest BCUT2D eigenvalue weighted by Gasteiger charge is -2.30. The Kier molecular flexibility index (Phi) is 8.39. The summed E-state index contributed by atoms with van der Waals surface area (Å²) in [6, 6.07) is 12.5. The van der Waals surface area contributed by atoms with Gasteiger partial charge in [0, 0.05) is 24.0 Å². The second-order valence-corrected chi connectivity index (χ2v) is 8.56. The molecule has 2 atom stereocenters. The first-order valence-corrected chi connectivity index (χ1v) is 11.5. The molecule has 172 valence electrons. The number of carbonyl (C=O) groups is 2. The zero-order chi connectivity index (χ0) is 23.1. The van der Waals surface area contributed by atoms with Gasteiger partial charge in [0.15, 0.2) is 11.5 Å². The van der Waals surface area contributed by atoms with Crippen molar-refractivity contribution in [1.29, 1.82) is 0 Å². The number of ether oxygens (including phenoxy) is 2. The fourth-order valence-corrected chi connectivity index (χ4v) is 3.60. The minimum Gasteiger partial charge on any atom is -0.486 e. The van der Waals surface area contributed by atoms with Crippen LogP contribution in [0.1, 0.15) is 44.7 Å². The van der Waals surface area contributed by atoms with Gasteiger partial charge in [-0.1, -0.05) is 36.7 Å². The molecule has 7 heteroatoms. The van der Waals surface area contributed by atoms with Crippen molar-refractivity contribution in [1.82, 2.24) is 10.2 Å². The summed E-state index contributed by atoms with van der Waals surface area (Å²) >= 11 is 6.00. The van der Waals surface area contributed by atoms with Crippen LogP contribution in [0.3, 0.4) is 0 Å². The quantitative estimate of drug-likeness (QED) is 0.605. The minimum absolute atomic E-state index is 0.0511. The topological polar surface area (TPSA) is 67.9 Å². The van der Waals surface area contributed by atoms with Crippen LogP contribution in [0.25, 0.3) is 0 Å². The average molecular weight is 459 g/mol. The number of fused-ring (bicyclic) bond motifs is 1. The molecule has 32 heavy (non-hydrogen) atoms. The number of benzene rings is 2. The normalized spacial score (nSPS) is 14.4. The molecule has 0 fully saturated rings. The SMILES string of the molecule is CC[C@H](C)NC(=O)[C@H](C)N(Cc1ccc(Cl)cc1)C(=O)CCc1ccc2c(c1)OCCO2. The largest absolute Gasteiger partial charge is 0.486 e. The van der Waals surface area contributed by atoms with Gasteiger partial charge >= 0.3 is 0 Å². The maximum Gasteiger partial charge on any atom is 0.242 e. The number of amides is 2. The van der Waals surface area contributed by atoms with Gasteiger partial charge in [-0.15, -0.1) is 0 Å². The standard InChI is InChI=1S/C25H31ClN2O4/c1-4-17(2)27-25(30)18(3)28(16-20-5-9-21(26)10-6-20)24(29)12-8-19-7-11-22-23(15-19)32-14-13-31-22/h5-7,9-11,15,17-18H,4,8,12-14,16H2,1-3H3,(H,27,30)/t17-,18-/m0/s1. The maximum absolute atomic E-state index is 13.2. The molecular weight excluding hydrogens is 428 g/mol. The van der Waals surface area contributed by atoms with Crippen molar-refractivity contribution in [2.75, 3.05) is 13.2 Å². The Balaban J connectivity index is 1.71. The Morgan fingerprint density at radius 1 is 1.03 bits per heavy atom. The molecule has 1 N–H and O–H groups in total. The molecule has 6 nitrogen and oxygen atoms in total. The lowest BCUT2D eigenvalue weighted by atomic mass is 10.1. The summed E-state index contributed by atoms with van der Waals surface area (Å²) in [5.74, 6) is 1.20. The molecular formula is C25H31ClN2O4. The molecule has 0 saturated carbocycles. The van der Waals surface area contributed by atoms with Crippen LogP contribution < -0.4 is 14.8 Å². The van der Waals surface area contributed by atoms with Crippen LogP contribution in [0.2, 0.25) is 5.02 Å². The summed E-state index contributed by atoms with van der Waals surface area (Å²) in [6.45, 7) is 7.15. The van der Waals surface area contributed by atoms with Crippen LogP contribution >= 0.6 is 11.6 Å². The number of nitrogens with zero attached hydrogens (tertiary/aromatic N) is 1. The molecule has 1 aliphatic heterocycles. The summed E-state index contributed by atoms with van der Waals surface area (Å²) < 4.78 is 11.2. The lowest BCUT2D eigenvalue weighted by Crippen LogP contribution is -2.49. The summed E-state index contributed by atoms with van der Waals surface area (Å²) in [6.07, 6.45) is 1.66. The van der Waals surface area contributed by atoms with Crippen molar-refractivity contribution in [2.45, 2.75) is 58.7 Å². The Morgan fingerprint density at radius 3 is 2.38 bits per heavy atom. The van der Waals surface area contributed by atoms with Gasteiger partial charge in [-0.3, -0.25) is 9.59 Å². The van der Waals surface area contributed by atoms with Gasteiger partial charge in [-0.2, -0.15) is 0 Å². The number of rotatable bonds is 9. The number of aryl methyl sites for hydroxylation is 1. The number of carbonyl (C=O) groups excluding carboxylic acids is 2. The number of nitrogens with one attached hydrogen (secondary N) is 1. The van der Waals surface area contributed by atoms with E-state index in [2.05, 4.69) is 5.32 Å². The van der Waals surface area contributed by atoms with E-state index in [1.54, 1.807) is 24.0 Å². The van der Waals surface area contributed by atoms with E-state index in [-0.39, 0.29) is 24.3 Å². The van der Waals surface area contributed by atoms with E-state index in [0.29, 0.717) is 37.0 Å². The molecule has 0 aliphatic carbocycles. The van der Waals surface area contributed by atoms with Gasteiger partial charge in [0.2, 0.25) is 11.8 Å². The predicted molar refractivity (Wildman–Crippen MR) is 125 cm³/mol. The summed E-state index contributed by atoms with van der Waals surface area (Å²) in [5, 5.41) is 3.62. The Morgan fingerprint density at radius 2 is 1.69 bits per heavy atom. The molecule has 0 radical (unpaired) electrons. The number of hydrogen-bond donors (Lipinski definition) is 1. The Hall–Kier alpha value is -2.73. The zero-order valence-corrected chi connectivity index (χ0v) is 19.7. The second kappa shape index (κ2) is 11.2. The number of hydrogen-bond acceptors (Lipinski definition) is 4. The molecule has 1 heterocycles. The van der Waals surface area contributed by atoms with E-state index in [4.69, 9.17) is 21.1 Å². The lowest BCUT2D eigenvalue weighted by molar-refractivity contribution is -0.140. The first-order valence-electron chi connectivity index (χ1n) is 11.1. The first-order chi connectivity index (χ1) is 15.4. The van der Waals surface area contributed by atoms with Crippen LogP contribution in [0.15, 0.2) is 42.5 Å². The van der Waals surface area contributed by atoms with Gasteiger partial charge in [-0.05, 0) is 62.1 Å². The van der Waals surface area contributed by atoms with E-state index in [0.717, 1.165) is 23.3 Å². The van der Waals surface area contributed by atoms with Gasteiger partial charge in [0.1, 0.15) is 19.3 Å². The molecule has 0 unspecified atom stereocenters. The maximum atomic E-state index is 13.2. The van der Waals surface area contributed by atoms with Crippen molar-refractivity contribution < 1.29 is 19.1 Å². The molecule has 0 saturated heterocycles. The Labute approximate surface area is 194 Å². The third-order valence-corrected chi connectivity index (χ3v) is 5.92. The third kappa shape index (κ3) is 6.39. The Bertz CT molecular complexity index is 932. The van der Waals surface area contributed by atoms with Gasteiger partial charge < -0.3 is 19.7 Å². The highest BCUT2D eigenvalue weighted by atomic mass is 35.5. The van der Waals surface area contributed by atoms with Crippen LogP contribution in [-0.2, 0) is 22.6 Å². The third-order valence-electron chi connectivity index (χ3n) is 5.67. The van der Waals surface area contributed by atoms with Crippen LogP contribution in [0, 0.1) is 0 Å². The van der Waals surface area contributed by atoms with E-state index < -0.39 is 6.04 Å². The average Bonchev–Trinajstić information content (AvgIpc) is 2.81. The molecule has 3 rings (SSSR count). The summed E-state index contributed by atoms with van der Waals surface area (Å²) in [7, 11) is 0. The van der Waals surface area contributed by atoms with E-state index in [9.17, 15) is 9.59 Å². The second-order valence-electron chi connectivity index (χ2n) is 8.12. The monoisotopic (exact) mass is 458 g/mol. The molecule has 1 aliphatic rings. The highest BCUT2D eigenvalue weighted by Crippen LogP contribution is 2.31.